The third-order valence-electron chi connectivity index (χ3n) is 3.80. The van der Waals surface area contributed by atoms with E-state index in [9.17, 15) is 8.42 Å². The molecule has 0 saturated heterocycles. The zero-order valence-corrected chi connectivity index (χ0v) is 14.0. The van der Waals surface area contributed by atoms with Crippen molar-refractivity contribution in [3.05, 3.63) is 28.8 Å². The van der Waals surface area contributed by atoms with Crippen molar-refractivity contribution in [2.24, 2.45) is 17.1 Å². The van der Waals surface area contributed by atoms with Crippen molar-refractivity contribution in [2.75, 3.05) is 6.54 Å². The van der Waals surface area contributed by atoms with Gasteiger partial charge in [0.1, 0.15) is 4.90 Å². The van der Waals surface area contributed by atoms with E-state index in [1.807, 2.05) is 13.8 Å². The second kappa shape index (κ2) is 6.43. The van der Waals surface area contributed by atoms with Gasteiger partial charge in [-0.2, -0.15) is 0 Å². The van der Waals surface area contributed by atoms with E-state index in [-0.39, 0.29) is 21.9 Å². The highest BCUT2D eigenvalue weighted by molar-refractivity contribution is 7.89. The third-order valence-corrected chi connectivity index (χ3v) is 5.68. The van der Waals surface area contributed by atoms with Gasteiger partial charge in [-0.05, 0) is 29.0 Å². The minimum absolute atomic E-state index is 0.0849. The average molecular weight is 319 g/mol. The largest absolute Gasteiger partial charge is 0.326 e. The number of nitrogens with one attached hydrogen (secondary N) is 1. The molecule has 0 unspecified atom stereocenters. The van der Waals surface area contributed by atoms with Crippen LogP contribution in [-0.4, -0.2) is 15.0 Å². The molecule has 0 amide bonds. The molecule has 0 aromatic heterocycles. The molecule has 0 saturated carbocycles. The summed E-state index contributed by atoms with van der Waals surface area (Å²) in [6, 6.07) is 4.80. The van der Waals surface area contributed by atoms with E-state index in [1.54, 1.807) is 12.1 Å². The van der Waals surface area contributed by atoms with Gasteiger partial charge >= 0.3 is 0 Å². The van der Waals surface area contributed by atoms with E-state index < -0.39 is 10.0 Å². The minimum Gasteiger partial charge on any atom is -0.326 e. The Morgan fingerprint density at radius 1 is 1.35 bits per heavy atom. The van der Waals surface area contributed by atoms with Crippen LogP contribution in [0.2, 0.25) is 5.02 Å². The number of hydrogen-bond acceptors (Lipinski definition) is 3. The summed E-state index contributed by atoms with van der Waals surface area (Å²) in [6.45, 7) is 8.82. The lowest BCUT2D eigenvalue weighted by atomic mass is 9.81. The van der Waals surface area contributed by atoms with Gasteiger partial charge in [0.15, 0.2) is 0 Å². The number of sulfonamides is 1. The first-order valence-electron chi connectivity index (χ1n) is 6.58. The zero-order valence-electron chi connectivity index (χ0n) is 12.4. The monoisotopic (exact) mass is 318 g/mol. The Morgan fingerprint density at radius 3 is 2.45 bits per heavy atom. The normalized spacial score (nSPS) is 12.9. The van der Waals surface area contributed by atoms with E-state index >= 15 is 0 Å². The quantitative estimate of drug-likeness (QED) is 0.847. The molecule has 20 heavy (non-hydrogen) atoms. The van der Waals surface area contributed by atoms with Crippen LogP contribution >= 0.6 is 11.6 Å². The molecule has 6 heteroatoms. The summed E-state index contributed by atoms with van der Waals surface area (Å²) in [6.07, 6.45) is 0. The molecule has 0 aliphatic rings. The first-order chi connectivity index (χ1) is 9.10. The molecule has 1 aromatic rings. The fraction of sp³-hybridized carbons (Fsp3) is 0.571. The first kappa shape index (κ1) is 17.4. The van der Waals surface area contributed by atoms with Crippen LogP contribution in [0.1, 0.15) is 33.3 Å². The standard InChI is InChI=1S/C14H23ClN2O2S/c1-10(2)14(3,4)9-17-20(18,19)13-7-11(8-16)5-6-12(13)15/h5-7,10,17H,8-9,16H2,1-4H3. The van der Waals surface area contributed by atoms with Gasteiger partial charge in [-0.25, -0.2) is 13.1 Å². The summed E-state index contributed by atoms with van der Waals surface area (Å²) in [5.74, 6) is 0.357. The predicted octanol–water partition coefficient (Wildman–Crippen LogP) is 2.76. The SMILES string of the molecule is CC(C)C(C)(C)CNS(=O)(=O)c1cc(CN)ccc1Cl. The molecule has 0 aliphatic heterocycles. The van der Waals surface area contributed by atoms with Crippen molar-refractivity contribution in [1.82, 2.24) is 4.72 Å². The second-order valence-corrected chi connectivity index (χ2v) is 8.08. The van der Waals surface area contributed by atoms with Crippen LogP contribution in [-0.2, 0) is 16.6 Å². The molecule has 3 N–H and O–H groups in total. The van der Waals surface area contributed by atoms with Crippen molar-refractivity contribution >= 4 is 21.6 Å². The summed E-state index contributed by atoms with van der Waals surface area (Å²) in [4.78, 5) is 0.0849. The molecule has 0 fully saturated rings. The first-order valence-corrected chi connectivity index (χ1v) is 8.44. The molecular weight excluding hydrogens is 296 g/mol. The van der Waals surface area contributed by atoms with Gasteiger partial charge in [0, 0.05) is 13.1 Å². The van der Waals surface area contributed by atoms with Gasteiger partial charge in [0.25, 0.3) is 0 Å². The summed E-state index contributed by atoms with van der Waals surface area (Å²) in [7, 11) is -3.63. The number of nitrogens with two attached hydrogens (primary N) is 1. The van der Waals surface area contributed by atoms with Crippen molar-refractivity contribution in [2.45, 2.75) is 39.1 Å². The lowest BCUT2D eigenvalue weighted by molar-refractivity contribution is 0.252. The number of halogens is 1. The summed E-state index contributed by atoms with van der Waals surface area (Å²) in [5, 5.41) is 0.206. The third kappa shape index (κ3) is 4.19. The Hall–Kier alpha value is -0.620. The Kier molecular flexibility index (Phi) is 5.61. The van der Waals surface area contributed by atoms with E-state index in [4.69, 9.17) is 17.3 Å². The maximum absolute atomic E-state index is 12.4. The predicted molar refractivity (Wildman–Crippen MR) is 83.2 cm³/mol. The molecule has 0 atom stereocenters. The summed E-state index contributed by atoms with van der Waals surface area (Å²) in [5.41, 5.74) is 6.14. The molecule has 4 nitrogen and oxygen atoms in total. The molecule has 114 valence electrons. The fourth-order valence-electron chi connectivity index (χ4n) is 1.44. The molecule has 1 rings (SSSR count). The molecule has 0 spiro atoms. The van der Waals surface area contributed by atoms with E-state index in [1.165, 1.54) is 6.07 Å². The van der Waals surface area contributed by atoms with E-state index in [2.05, 4.69) is 18.6 Å². The number of benzene rings is 1. The van der Waals surface area contributed by atoms with Gasteiger partial charge in [-0.3, -0.25) is 0 Å². The van der Waals surface area contributed by atoms with Crippen molar-refractivity contribution < 1.29 is 8.42 Å². The van der Waals surface area contributed by atoms with E-state index in [0.717, 1.165) is 5.56 Å². The lowest BCUT2D eigenvalue weighted by Gasteiger charge is -2.29. The molecular formula is C14H23ClN2O2S. The highest BCUT2D eigenvalue weighted by atomic mass is 35.5. The second-order valence-electron chi connectivity index (χ2n) is 5.94. The van der Waals surface area contributed by atoms with Gasteiger partial charge in [-0.15, -0.1) is 0 Å². The smallest absolute Gasteiger partial charge is 0.242 e. The van der Waals surface area contributed by atoms with Crippen LogP contribution < -0.4 is 10.5 Å². The van der Waals surface area contributed by atoms with Crippen LogP contribution in [0.3, 0.4) is 0 Å². The van der Waals surface area contributed by atoms with Crippen LogP contribution in [0.4, 0.5) is 0 Å². The minimum atomic E-state index is -3.63. The Bertz CT molecular complexity index is 569. The maximum Gasteiger partial charge on any atom is 0.242 e. The van der Waals surface area contributed by atoms with Crippen LogP contribution in [0.15, 0.2) is 23.1 Å². The van der Waals surface area contributed by atoms with E-state index in [0.29, 0.717) is 12.5 Å². The van der Waals surface area contributed by atoms with Crippen molar-refractivity contribution in [3.8, 4) is 0 Å². The Morgan fingerprint density at radius 2 is 1.95 bits per heavy atom. The zero-order chi connectivity index (χ0) is 15.6. The van der Waals surface area contributed by atoms with Crippen LogP contribution in [0, 0.1) is 11.3 Å². The van der Waals surface area contributed by atoms with Gasteiger partial charge in [0.05, 0.1) is 5.02 Å². The van der Waals surface area contributed by atoms with Crippen LogP contribution in [0.5, 0.6) is 0 Å². The summed E-state index contributed by atoms with van der Waals surface area (Å²) >= 11 is 5.99. The molecule has 0 aliphatic carbocycles. The molecule has 1 aromatic carbocycles. The highest BCUT2D eigenvalue weighted by Gasteiger charge is 2.26. The molecule has 0 heterocycles. The fourth-order valence-corrected chi connectivity index (χ4v) is 3.21. The average Bonchev–Trinajstić information content (AvgIpc) is 2.37. The number of hydrogen-bond donors (Lipinski definition) is 2. The number of rotatable bonds is 6. The topological polar surface area (TPSA) is 72.2 Å². The van der Waals surface area contributed by atoms with Gasteiger partial charge in [-0.1, -0.05) is 45.4 Å². The Balaban J connectivity index is 3.00. The highest BCUT2D eigenvalue weighted by Crippen LogP contribution is 2.27. The Labute approximate surface area is 126 Å². The van der Waals surface area contributed by atoms with Gasteiger partial charge in [0.2, 0.25) is 10.0 Å². The van der Waals surface area contributed by atoms with Gasteiger partial charge < -0.3 is 5.73 Å². The maximum atomic E-state index is 12.4. The molecule has 0 radical (unpaired) electrons. The van der Waals surface area contributed by atoms with Crippen LogP contribution in [0.25, 0.3) is 0 Å². The molecule has 0 bridgehead atoms. The van der Waals surface area contributed by atoms with Crippen molar-refractivity contribution in [3.63, 3.8) is 0 Å². The summed E-state index contributed by atoms with van der Waals surface area (Å²) < 4.78 is 27.3. The van der Waals surface area contributed by atoms with Crippen molar-refractivity contribution in [1.29, 1.82) is 0 Å². The lowest BCUT2D eigenvalue weighted by Crippen LogP contribution is -2.37.